The van der Waals surface area contributed by atoms with Crippen molar-refractivity contribution >= 4 is 5.91 Å². The third kappa shape index (κ3) is 3.51. The zero-order valence-corrected chi connectivity index (χ0v) is 14.6. The molecule has 132 valence electrons. The highest BCUT2D eigenvalue weighted by Gasteiger charge is 2.49. The van der Waals surface area contributed by atoms with Crippen LogP contribution in [-0.4, -0.2) is 38.8 Å². The maximum atomic E-state index is 12.8. The molecule has 0 spiro atoms. The molecule has 1 aliphatic carbocycles. The van der Waals surface area contributed by atoms with Gasteiger partial charge in [-0.25, -0.2) is 0 Å². The van der Waals surface area contributed by atoms with Gasteiger partial charge in [0.05, 0.1) is 19.1 Å². The van der Waals surface area contributed by atoms with E-state index < -0.39 is 0 Å². The summed E-state index contributed by atoms with van der Waals surface area (Å²) in [5.41, 5.74) is -0.196. The van der Waals surface area contributed by atoms with Crippen molar-refractivity contribution < 1.29 is 14.3 Å². The molecule has 2 N–H and O–H groups in total. The largest absolute Gasteiger partial charge is 0.497 e. The van der Waals surface area contributed by atoms with Crippen LogP contribution in [0.5, 0.6) is 11.5 Å². The second kappa shape index (κ2) is 7.43. The van der Waals surface area contributed by atoms with Crippen molar-refractivity contribution in [1.29, 1.82) is 0 Å². The molecule has 1 aromatic carbocycles. The second-order valence-corrected chi connectivity index (χ2v) is 7.04. The van der Waals surface area contributed by atoms with E-state index in [1.807, 2.05) is 31.2 Å². The van der Waals surface area contributed by atoms with Crippen LogP contribution in [0.1, 0.15) is 32.6 Å². The lowest BCUT2D eigenvalue weighted by Gasteiger charge is -2.37. The summed E-state index contributed by atoms with van der Waals surface area (Å²) in [5, 5.41) is 6.55. The number of rotatable bonds is 6. The summed E-state index contributed by atoms with van der Waals surface area (Å²) >= 11 is 0. The smallest absolute Gasteiger partial charge is 0.227 e. The van der Waals surface area contributed by atoms with Crippen LogP contribution in [-0.2, 0) is 4.79 Å². The molecular weight excluding hydrogens is 304 g/mol. The molecule has 1 unspecified atom stereocenters. The number of hydrogen-bond acceptors (Lipinski definition) is 4. The van der Waals surface area contributed by atoms with E-state index in [2.05, 4.69) is 10.6 Å². The van der Waals surface area contributed by atoms with E-state index in [4.69, 9.17) is 9.47 Å². The molecule has 1 saturated heterocycles. The normalized spacial score (nSPS) is 27.2. The Morgan fingerprint density at radius 3 is 2.83 bits per heavy atom. The lowest BCUT2D eigenvalue weighted by molar-refractivity contribution is -0.134. The molecule has 1 amide bonds. The van der Waals surface area contributed by atoms with E-state index >= 15 is 0 Å². The first-order valence-corrected chi connectivity index (χ1v) is 8.94. The predicted molar refractivity (Wildman–Crippen MR) is 93.4 cm³/mol. The van der Waals surface area contributed by atoms with Gasteiger partial charge in [-0.2, -0.15) is 0 Å². The van der Waals surface area contributed by atoms with Crippen molar-refractivity contribution in [3.05, 3.63) is 24.3 Å². The van der Waals surface area contributed by atoms with Crippen LogP contribution >= 0.6 is 0 Å². The minimum atomic E-state index is -0.196. The molecule has 1 saturated carbocycles. The van der Waals surface area contributed by atoms with Crippen LogP contribution in [0, 0.1) is 11.3 Å². The average Bonchev–Trinajstić information content (AvgIpc) is 3.05. The minimum Gasteiger partial charge on any atom is -0.497 e. The van der Waals surface area contributed by atoms with E-state index in [0.29, 0.717) is 12.5 Å². The van der Waals surface area contributed by atoms with Crippen molar-refractivity contribution in [2.45, 2.75) is 38.7 Å². The number of ether oxygens (including phenoxy) is 2. The monoisotopic (exact) mass is 332 g/mol. The summed E-state index contributed by atoms with van der Waals surface area (Å²) in [4.78, 5) is 12.8. The third-order valence-electron chi connectivity index (χ3n) is 5.44. The summed E-state index contributed by atoms with van der Waals surface area (Å²) in [6.45, 7) is 4.30. The molecular formula is C19H28N2O3. The topological polar surface area (TPSA) is 59.6 Å². The highest BCUT2D eigenvalue weighted by Crippen LogP contribution is 2.43. The van der Waals surface area contributed by atoms with Gasteiger partial charge in [0.2, 0.25) is 5.91 Å². The Labute approximate surface area is 144 Å². The van der Waals surface area contributed by atoms with Gasteiger partial charge in [-0.1, -0.05) is 12.8 Å². The number of amides is 1. The first kappa shape index (κ1) is 17.1. The maximum absolute atomic E-state index is 12.8. The summed E-state index contributed by atoms with van der Waals surface area (Å²) in [5.74, 6) is 2.28. The lowest BCUT2D eigenvalue weighted by atomic mass is 9.67. The second-order valence-electron chi connectivity index (χ2n) is 7.04. The number of fused-ring (bicyclic) bond motifs is 1. The van der Waals surface area contributed by atoms with E-state index in [1.165, 1.54) is 12.8 Å². The number of carbonyl (C=O) groups excluding carboxylic acids is 1. The number of carbonyl (C=O) groups is 1. The van der Waals surface area contributed by atoms with Crippen LogP contribution in [0.4, 0.5) is 0 Å². The van der Waals surface area contributed by atoms with Gasteiger partial charge < -0.3 is 20.1 Å². The van der Waals surface area contributed by atoms with Crippen molar-refractivity contribution in [3.8, 4) is 11.5 Å². The first-order chi connectivity index (χ1) is 11.6. The lowest BCUT2D eigenvalue weighted by Crippen LogP contribution is -2.49. The third-order valence-corrected chi connectivity index (χ3v) is 5.44. The van der Waals surface area contributed by atoms with Gasteiger partial charge in [0.25, 0.3) is 0 Å². The number of hydrogen-bond donors (Lipinski definition) is 2. The van der Waals surface area contributed by atoms with E-state index in [0.717, 1.165) is 37.4 Å². The molecule has 2 fully saturated rings. The Balaban J connectivity index is 1.51. The molecule has 0 radical (unpaired) electrons. The van der Waals surface area contributed by atoms with E-state index in [9.17, 15) is 4.79 Å². The van der Waals surface area contributed by atoms with Gasteiger partial charge in [-0.3, -0.25) is 4.79 Å². The zero-order chi connectivity index (χ0) is 17.0. The fourth-order valence-electron chi connectivity index (χ4n) is 4.03. The van der Waals surface area contributed by atoms with Crippen molar-refractivity contribution in [2.24, 2.45) is 11.3 Å². The fraction of sp³-hybridized carbons (Fsp3) is 0.632. The molecule has 3 rings (SSSR count). The Kier molecular flexibility index (Phi) is 5.29. The molecule has 5 heteroatoms. The molecule has 5 nitrogen and oxygen atoms in total. The van der Waals surface area contributed by atoms with Gasteiger partial charge >= 0.3 is 0 Å². The van der Waals surface area contributed by atoms with Gasteiger partial charge in [0.15, 0.2) is 0 Å². The van der Waals surface area contributed by atoms with Crippen LogP contribution in [0.2, 0.25) is 0 Å². The minimum absolute atomic E-state index is 0.0739. The number of methoxy groups -OCH3 is 1. The average molecular weight is 332 g/mol. The Morgan fingerprint density at radius 2 is 2.08 bits per heavy atom. The Morgan fingerprint density at radius 1 is 1.33 bits per heavy atom. The summed E-state index contributed by atoms with van der Waals surface area (Å²) in [6.07, 6.45) is 4.50. The molecule has 3 atom stereocenters. The highest BCUT2D eigenvalue weighted by atomic mass is 16.5. The van der Waals surface area contributed by atoms with Gasteiger partial charge in [-0.15, -0.1) is 0 Å². The summed E-state index contributed by atoms with van der Waals surface area (Å²) in [6, 6.07) is 7.51. The Hall–Kier alpha value is -1.75. The standard InChI is InChI=1S/C19H28N2O3/c1-14(24-17-8-6-16(23-2)7-9-17)11-21-18(22)19-10-4-3-5-15(19)12-20-13-19/h6-9,14-15,20H,3-5,10-13H2,1-2H3,(H,21,22)/t14?,15-,19+/m0/s1. The van der Waals surface area contributed by atoms with Crippen molar-refractivity contribution in [3.63, 3.8) is 0 Å². The quantitative estimate of drug-likeness (QED) is 0.840. The maximum Gasteiger partial charge on any atom is 0.227 e. The van der Waals surface area contributed by atoms with Crippen molar-refractivity contribution in [2.75, 3.05) is 26.7 Å². The summed E-state index contributed by atoms with van der Waals surface area (Å²) < 4.78 is 11.0. The van der Waals surface area contributed by atoms with Crippen LogP contribution in [0.15, 0.2) is 24.3 Å². The van der Waals surface area contributed by atoms with Crippen LogP contribution < -0.4 is 20.1 Å². The molecule has 2 aliphatic rings. The molecule has 0 bridgehead atoms. The van der Waals surface area contributed by atoms with Crippen LogP contribution in [0.25, 0.3) is 0 Å². The number of nitrogens with one attached hydrogen (secondary N) is 2. The summed E-state index contributed by atoms with van der Waals surface area (Å²) in [7, 11) is 1.64. The van der Waals surface area contributed by atoms with Crippen molar-refractivity contribution in [1.82, 2.24) is 10.6 Å². The van der Waals surface area contributed by atoms with Crippen LogP contribution in [0.3, 0.4) is 0 Å². The molecule has 1 heterocycles. The van der Waals surface area contributed by atoms with Gasteiger partial charge in [-0.05, 0) is 56.5 Å². The fourth-order valence-corrected chi connectivity index (χ4v) is 4.03. The SMILES string of the molecule is COc1ccc(OC(C)CNC(=O)[C@@]23CCCC[C@H]2CNC3)cc1. The zero-order valence-electron chi connectivity index (χ0n) is 14.6. The molecule has 24 heavy (non-hydrogen) atoms. The predicted octanol–water partition coefficient (Wildman–Crippen LogP) is 2.36. The van der Waals surface area contributed by atoms with E-state index in [1.54, 1.807) is 7.11 Å². The van der Waals surface area contributed by atoms with Gasteiger partial charge in [0.1, 0.15) is 17.6 Å². The molecule has 0 aromatic heterocycles. The highest BCUT2D eigenvalue weighted by molar-refractivity contribution is 5.83. The first-order valence-electron chi connectivity index (χ1n) is 8.94. The number of benzene rings is 1. The molecule has 1 aliphatic heterocycles. The molecule has 1 aromatic rings. The van der Waals surface area contributed by atoms with E-state index in [-0.39, 0.29) is 17.4 Å². The van der Waals surface area contributed by atoms with Gasteiger partial charge in [0, 0.05) is 6.54 Å². The Bertz CT molecular complexity index is 560.